The SMILES string of the molecule is CCCc1nc2cc(N)ccc2n1C(C)C(C)(C)C. The fraction of sp³-hybridized carbons (Fsp3) is 0.562. The van der Waals surface area contributed by atoms with E-state index in [1.54, 1.807) is 0 Å². The van der Waals surface area contributed by atoms with Crippen LogP contribution in [0.1, 0.15) is 52.9 Å². The van der Waals surface area contributed by atoms with Crippen molar-refractivity contribution in [2.24, 2.45) is 5.41 Å². The predicted octanol–water partition coefficient (Wildman–Crippen LogP) is 4.18. The van der Waals surface area contributed by atoms with Crippen LogP contribution in [-0.4, -0.2) is 9.55 Å². The second-order valence-electron chi connectivity index (χ2n) is 6.44. The number of aromatic nitrogens is 2. The normalized spacial score (nSPS) is 13.9. The van der Waals surface area contributed by atoms with Crippen molar-refractivity contribution >= 4 is 16.7 Å². The molecule has 3 nitrogen and oxygen atoms in total. The summed E-state index contributed by atoms with van der Waals surface area (Å²) in [6, 6.07) is 6.44. The molecule has 104 valence electrons. The van der Waals surface area contributed by atoms with Crippen LogP contribution in [0.5, 0.6) is 0 Å². The number of rotatable bonds is 3. The number of aryl methyl sites for hydroxylation is 1. The van der Waals surface area contributed by atoms with Crippen LogP contribution in [0.3, 0.4) is 0 Å². The summed E-state index contributed by atoms with van der Waals surface area (Å²) in [6.45, 7) is 11.3. The van der Waals surface area contributed by atoms with Crippen LogP contribution in [0.25, 0.3) is 11.0 Å². The first kappa shape index (κ1) is 13.9. The molecule has 0 aliphatic heterocycles. The number of hydrogen-bond donors (Lipinski definition) is 1. The third-order valence-corrected chi connectivity index (χ3v) is 3.90. The topological polar surface area (TPSA) is 43.8 Å². The van der Waals surface area contributed by atoms with Gasteiger partial charge in [0.25, 0.3) is 0 Å². The molecule has 0 aliphatic carbocycles. The summed E-state index contributed by atoms with van der Waals surface area (Å²) < 4.78 is 2.39. The second-order valence-corrected chi connectivity index (χ2v) is 6.44. The minimum Gasteiger partial charge on any atom is -0.399 e. The summed E-state index contributed by atoms with van der Waals surface area (Å²) >= 11 is 0. The molecule has 0 saturated heterocycles. The van der Waals surface area contributed by atoms with Crippen molar-refractivity contribution in [2.75, 3.05) is 5.73 Å². The molecule has 1 heterocycles. The number of benzene rings is 1. The van der Waals surface area contributed by atoms with Crippen molar-refractivity contribution in [1.29, 1.82) is 0 Å². The first-order valence-corrected chi connectivity index (χ1v) is 7.11. The summed E-state index contributed by atoms with van der Waals surface area (Å²) in [4.78, 5) is 4.78. The highest BCUT2D eigenvalue weighted by Gasteiger charge is 2.25. The van der Waals surface area contributed by atoms with Gasteiger partial charge in [-0.2, -0.15) is 0 Å². The lowest BCUT2D eigenvalue weighted by molar-refractivity contribution is 0.262. The van der Waals surface area contributed by atoms with Crippen molar-refractivity contribution in [3.05, 3.63) is 24.0 Å². The van der Waals surface area contributed by atoms with Gasteiger partial charge in [0.15, 0.2) is 0 Å². The highest BCUT2D eigenvalue weighted by atomic mass is 15.1. The molecule has 1 unspecified atom stereocenters. The van der Waals surface area contributed by atoms with Gasteiger partial charge in [0, 0.05) is 18.2 Å². The lowest BCUT2D eigenvalue weighted by Crippen LogP contribution is -2.23. The Bertz CT molecular complexity index is 575. The average molecular weight is 259 g/mol. The monoisotopic (exact) mass is 259 g/mol. The summed E-state index contributed by atoms with van der Waals surface area (Å²) in [7, 11) is 0. The summed E-state index contributed by atoms with van der Waals surface area (Å²) in [5.41, 5.74) is 9.06. The zero-order valence-electron chi connectivity index (χ0n) is 12.7. The molecule has 0 radical (unpaired) electrons. The second kappa shape index (κ2) is 4.87. The Hall–Kier alpha value is -1.51. The minimum atomic E-state index is 0.206. The van der Waals surface area contributed by atoms with Crippen molar-refractivity contribution in [2.45, 2.75) is 53.5 Å². The molecular weight excluding hydrogens is 234 g/mol. The zero-order chi connectivity index (χ0) is 14.2. The molecule has 1 aromatic carbocycles. The molecule has 2 rings (SSSR count). The van der Waals surface area contributed by atoms with Gasteiger partial charge in [-0.1, -0.05) is 27.7 Å². The molecule has 0 aliphatic rings. The molecule has 3 heteroatoms. The molecule has 2 aromatic rings. The molecule has 0 amide bonds. The van der Waals surface area contributed by atoms with Gasteiger partial charge >= 0.3 is 0 Å². The summed E-state index contributed by atoms with van der Waals surface area (Å²) in [5.74, 6) is 1.17. The van der Waals surface area contributed by atoms with Crippen molar-refractivity contribution < 1.29 is 0 Å². The Morgan fingerprint density at radius 2 is 2.00 bits per heavy atom. The third-order valence-electron chi connectivity index (χ3n) is 3.90. The van der Waals surface area contributed by atoms with Gasteiger partial charge in [0.05, 0.1) is 11.0 Å². The van der Waals surface area contributed by atoms with Gasteiger partial charge < -0.3 is 10.3 Å². The smallest absolute Gasteiger partial charge is 0.110 e. The van der Waals surface area contributed by atoms with Gasteiger partial charge in [0.2, 0.25) is 0 Å². The maximum Gasteiger partial charge on any atom is 0.110 e. The van der Waals surface area contributed by atoms with Crippen LogP contribution in [-0.2, 0) is 6.42 Å². The molecule has 1 atom stereocenters. The minimum absolute atomic E-state index is 0.206. The first-order valence-electron chi connectivity index (χ1n) is 7.11. The standard InChI is InChI=1S/C16H25N3/c1-6-7-15-18-13-10-12(17)8-9-14(13)19(15)11(2)16(3,4)5/h8-11H,6-7,17H2,1-5H3. The van der Waals surface area contributed by atoms with Gasteiger partial charge in [-0.25, -0.2) is 4.98 Å². The number of nitrogen functional groups attached to an aromatic ring is 1. The fourth-order valence-corrected chi connectivity index (χ4v) is 2.39. The molecule has 0 fully saturated rings. The molecule has 2 N–H and O–H groups in total. The van der Waals surface area contributed by atoms with E-state index >= 15 is 0 Å². The van der Waals surface area contributed by atoms with E-state index in [1.807, 2.05) is 12.1 Å². The number of hydrogen-bond acceptors (Lipinski definition) is 2. The summed E-state index contributed by atoms with van der Waals surface area (Å²) in [5, 5.41) is 0. The Labute approximate surface area is 115 Å². The van der Waals surface area contributed by atoms with E-state index in [9.17, 15) is 0 Å². The molecule has 1 aromatic heterocycles. The summed E-state index contributed by atoms with van der Waals surface area (Å²) in [6.07, 6.45) is 2.12. The van der Waals surface area contributed by atoms with Crippen LogP contribution in [0.2, 0.25) is 0 Å². The Morgan fingerprint density at radius 1 is 1.32 bits per heavy atom. The van der Waals surface area contributed by atoms with Crippen LogP contribution < -0.4 is 5.73 Å². The van der Waals surface area contributed by atoms with Crippen molar-refractivity contribution in [1.82, 2.24) is 9.55 Å². The molecule has 0 bridgehead atoms. The molecule has 19 heavy (non-hydrogen) atoms. The van der Waals surface area contributed by atoms with E-state index in [1.165, 1.54) is 11.3 Å². The first-order chi connectivity index (χ1) is 8.84. The number of fused-ring (bicyclic) bond motifs is 1. The highest BCUT2D eigenvalue weighted by Crippen LogP contribution is 2.34. The van der Waals surface area contributed by atoms with E-state index in [4.69, 9.17) is 10.7 Å². The maximum atomic E-state index is 5.87. The zero-order valence-corrected chi connectivity index (χ0v) is 12.7. The van der Waals surface area contributed by atoms with Gasteiger partial charge in [-0.3, -0.25) is 0 Å². The Balaban J connectivity index is 2.64. The average Bonchev–Trinajstić information content (AvgIpc) is 2.64. The number of anilines is 1. The van der Waals surface area contributed by atoms with Crippen LogP contribution in [0.15, 0.2) is 18.2 Å². The molecule has 0 saturated carbocycles. The quantitative estimate of drug-likeness (QED) is 0.840. The van der Waals surface area contributed by atoms with Crippen LogP contribution >= 0.6 is 0 Å². The highest BCUT2D eigenvalue weighted by molar-refractivity contribution is 5.79. The van der Waals surface area contributed by atoms with E-state index in [-0.39, 0.29) is 5.41 Å². The number of nitrogens with two attached hydrogens (primary N) is 1. The molecule has 0 spiro atoms. The largest absolute Gasteiger partial charge is 0.399 e. The van der Waals surface area contributed by atoms with Gasteiger partial charge in [-0.05, 0) is 37.0 Å². The predicted molar refractivity (Wildman–Crippen MR) is 82.3 cm³/mol. The molecular formula is C16H25N3. The lowest BCUT2D eigenvalue weighted by Gasteiger charge is -2.30. The number of nitrogens with zero attached hydrogens (tertiary/aromatic N) is 2. The van der Waals surface area contributed by atoms with Crippen LogP contribution in [0, 0.1) is 5.41 Å². The van der Waals surface area contributed by atoms with E-state index < -0.39 is 0 Å². The Kier molecular flexibility index (Phi) is 3.57. The third kappa shape index (κ3) is 2.60. The van der Waals surface area contributed by atoms with E-state index in [2.05, 4.69) is 45.3 Å². The number of imidazole rings is 1. The van der Waals surface area contributed by atoms with Gasteiger partial charge in [-0.15, -0.1) is 0 Å². The fourth-order valence-electron chi connectivity index (χ4n) is 2.39. The lowest BCUT2D eigenvalue weighted by atomic mass is 9.87. The van der Waals surface area contributed by atoms with Crippen molar-refractivity contribution in [3.63, 3.8) is 0 Å². The van der Waals surface area contributed by atoms with Crippen LogP contribution in [0.4, 0.5) is 5.69 Å². The Morgan fingerprint density at radius 3 is 2.58 bits per heavy atom. The van der Waals surface area contributed by atoms with Gasteiger partial charge in [0.1, 0.15) is 5.82 Å². The maximum absolute atomic E-state index is 5.87. The van der Waals surface area contributed by atoms with E-state index in [0.717, 1.165) is 24.0 Å². The van der Waals surface area contributed by atoms with Crippen molar-refractivity contribution in [3.8, 4) is 0 Å². The van der Waals surface area contributed by atoms with E-state index in [0.29, 0.717) is 6.04 Å².